The van der Waals surface area contributed by atoms with Gasteiger partial charge in [0.25, 0.3) is 0 Å². The highest BCUT2D eigenvalue weighted by Crippen LogP contribution is 2.23. The van der Waals surface area contributed by atoms with E-state index in [2.05, 4.69) is 17.1 Å². The predicted octanol–water partition coefficient (Wildman–Crippen LogP) is 1.30. The molecule has 5 N–H and O–H groups in total. The van der Waals surface area contributed by atoms with Gasteiger partial charge in [-0.3, -0.25) is 4.90 Å². The van der Waals surface area contributed by atoms with Crippen molar-refractivity contribution in [1.29, 1.82) is 0 Å². The molecule has 0 bridgehead atoms. The topological polar surface area (TPSA) is 130 Å². The molecule has 2 rings (SSSR count). The summed E-state index contributed by atoms with van der Waals surface area (Å²) in [6.45, 7) is 7.60. The van der Waals surface area contributed by atoms with Gasteiger partial charge in [-0.05, 0) is 49.7 Å². The summed E-state index contributed by atoms with van der Waals surface area (Å²) in [5.74, 6) is -2.76. The van der Waals surface area contributed by atoms with Crippen LogP contribution in [0.1, 0.15) is 18.9 Å². The zero-order valence-corrected chi connectivity index (χ0v) is 17.0. The van der Waals surface area contributed by atoms with E-state index in [1.165, 1.54) is 6.42 Å². The van der Waals surface area contributed by atoms with Gasteiger partial charge in [0, 0.05) is 23.1 Å². The lowest BCUT2D eigenvalue weighted by atomic mass is 10.1. The van der Waals surface area contributed by atoms with Gasteiger partial charge in [0.15, 0.2) is 12.2 Å². The van der Waals surface area contributed by atoms with Crippen molar-refractivity contribution in [2.75, 3.05) is 26.2 Å². The highest BCUT2D eigenvalue weighted by atomic mass is 35.5. The van der Waals surface area contributed by atoms with Crippen LogP contribution in [0.15, 0.2) is 18.2 Å². The van der Waals surface area contributed by atoms with Crippen LogP contribution in [0.4, 0.5) is 0 Å². The van der Waals surface area contributed by atoms with Crippen molar-refractivity contribution >= 4 is 35.1 Å². The van der Waals surface area contributed by atoms with Gasteiger partial charge in [-0.15, -0.1) is 0 Å². The van der Waals surface area contributed by atoms with E-state index in [0.29, 0.717) is 5.02 Å². The summed E-state index contributed by atoms with van der Waals surface area (Å²) < 4.78 is 0. The van der Waals surface area contributed by atoms with E-state index in [0.717, 1.165) is 49.2 Å². The molecule has 1 aliphatic rings. The molecule has 1 heterocycles. The number of carbonyl (C=O) groups is 2. The molecule has 0 unspecified atom stereocenters. The molecule has 1 aliphatic heterocycles. The molecule has 0 aromatic heterocycles. The molecule has 1 saturated heterocycles. The van der Waals surface area contributed by atoms with Gasteiger partial charge in [-0.25, -0.2) is 9.59 Å². The van der Waals surface area contributed by atoms with E-state index in [-0.39, 0.29) is 0 Å². The van der Waals surface area contributed by atoms with Crippen molar-refractivity contribution < 1.29 is 30.0 Å². The zero-order valence-electron chi connectivity index (χ0n) is 15.5. The molecule has 0 radical (unpaired) electrons. The molecule has 3 atom stereocenters. The van der Waals surface area contributed by atoms with E-state index in [4.69, 9.17) is 43.6 Å². The predicted molar refractivity (Wildman–Crippen MR) is 106 cm³/mol. The average Bonchev–Trinajstić information content (AvgIpc) is 3.15. The standard InChI is InChI=1S/C14H20Cl2N2.C4H6O6/c1-2-18(9-11-5-6-17-8-11)10-12-3-4-13(15)7-14(12)16;5-1(3(7)8)2(6)4(9)10/h3-4,7,11,17H,2,5-6,8-10H2,1H3;1-2,5-6H,(H,7,8)(H,9,10)/t11-;1-,2-/m11/s1. The number of carboxylic acid groups (broad SMARTS) is 2. The maximum absolute atomic E-state index is 9.77. The molecule has 0 saturated carbocycles. The first-order valence-electron chi connectivity index (χ1n) is 8.84. The Bertz CT molecular complexity index is 637. The third-order valence-electron chi connectivity index (χ3n) is 4.34. The molecule has 8 nitrogen and oxygen atoms in total. The van der Waals surface area contributed by atoms with Crippen molar-refractivity contribution in [2.24, 2.45) is 5.92 Å². The number of hydrogen-bond donors (Lipinski definition) is 5. The number of nitrogens with one attached hydrogen (secondary N) is 1. The zero-order chi connectivity index (χ0) is 21.3. The van der Waals surface area contributed by atoms with Gasteiger partial charge in [0.05, 0.1) is 0 Å². The SMILES string of the molecule is CCN(Cc1ccc(Cl)cc1Cl)C[C@@H]1CCNC1.O=C(O)[C@H](O)[C@@H](O)C(=O)O. The maximum Gasteiger partial charge on any atom is 0.335 e. The van der Waals surface area contributed by atoms with Crippen LogP contribution >= 0.6 is 23.2 Å². The highest BCUT2D eigenvalue weighted by molar-refractivity contribution is 6.35. The minimum Gasteiger partial charge on any atom is -0.479 e. The second-order valence-corrected chi connectivity index (χ2v) is 7.33. The first-order chi connectivity index (χ1) is 13.1. The fourth-order valence-electron chi connectivity index (χ4n) is 2.70. The van der Waals surface area contributed by atoms with Gasteiger partial charge in [-0.2, -0.15) is 0 Å². The van der Waals surface area contributed by atoms with Gasteiger partial charge in [0.1, 0.15) is 0 Å². The quantitative estimate of drug-likeness (QED) is 0.412. The Labute approximate surface area is 173 Å². The fourth-order valence-corrected chi connectivity index (χ4v) is 3.17. The van der Waals surface area contributed by atoms with Crippen molar-refractivity contribution in [3.63, 3.8) is 0 Å². The minimum atomic E-state index is -2.27. The Kier molecular flexibility index (Phi) is 10.7. The first kappa shape index (κ1) is 24.6. The lowest BCUT2D eigenvalue weighted by Gasteiger charge is -2.24. The summed E-state index contributed by atoms with van der Waals surface area (Å²) in [5, 5.41) is 37.4. The van der Waals surface area contributed by atoms with Gasteiger partial charge in [-0.1, -0.05) is 36.2 Å². The number of rotatable bonds is 8. The number of carboxylic acids is 2. The van der Waals surface area contributed by atoms with Crippen LogP contribution in [0.5, 0.6) is 0 Å². The number of hydrogen-bond acceptors (Lipinski definition) is 6. The van der Waals surface area contributed by atoms with Crippen LogP contribution in [0.25, 0.3) is 0 Å². The number of aliphatic hydroxyl groups is 2. The number of nitrogens with zero attached hydrogens (tertiary/aromatic N) is 1. The van der Waals surface area contributed by atoms with E-state index < -0.39 is 24.1 Å². The fraction of sp³-hybridized carbons (Fsp3) is 0.556. The van der Waals surface area contributed by atoms with Gasteiger partial charge in [0.2, 0.25) is 0 Å². The summed E-state index contributed by atoms with van der Waals surface area (Å²) >= 11 is 12.1. The van der Waals surface area contributed by atoms with Crippen LogP contribution < -0.4 is 5.32 Å². The Hall–Kier alpha value is -1.42. The molecular formula is C18H26Cl2N2O6. The Balaban J connectivity index is 0.000000336. The summed E-state index contributed by atoms with van der Waals surface area (Å²) in [6.07, 6.45) is -3.25. The Morgan fingerprint density at radius 2 is 1.82 bits per heavy atom. The normalized spacial score (nSPS) is 18.3. The van der Waals surface area contributed by atoms with Crippen molar-refractivity contribution in [3.05, 3.63) is 33.8 Å². The van der Waals surface area contributed by atoms with Crippen molar-refractivity contribution in [1.82, 2.24) is 10.2 Å². The number of aliphatic hydroxyl groups excluding tert-OH is 2. The molecule has 0 aliphatic carbocycles. The van der Waals surface area contributed by atoms with E-state index in [9.17, 15) is 9.59 Å². The van der Waals surface area contributed by atoms with Gasteiger partial charge >= 0.3 is 11.9 Å². The van der Waals surface area contributed by atoms with Crippen LogP contribution in [-0.2, 0) is 16.1 Å². The third-order valence-corrected chi connectivity index (χ3v) is 4.93. The molecule has 0 spiro atoms. The minimum absolute atomic E-state index is 0.701. The molecule has 28 heavy (non-hydrogen) atoms. The molecule has 1 fully saturated rings. The second-order valence-electron chi connectivity index (χ2n) is 6.49. The smallest absolute Gasteiger partial charge is 0.335 e. The molecular weight excluding hydrogens is 411 g/mol. The highest BCUT2D eigenvalue weighted by Gasteiger charge is 2.29. The van der Waals surface area contributed by atoms with Crippen LogP contribution in [0.2, 0.25) is 10.0 Å². The molecule has 158 valence electrons. The second kappa shape index (κ2) is 12.2. The largest absolute Gasteiger partial charge is 0.479 e. The third kappa shape index (κ3) is 8.30. The molecule has 0 amide bonds. The number of halogens is 2. The average molecular weight is 437 g/mol. The number of benzene rings is 1. The van der Waals surface area contributed by atoms with E-state index >= 15 is 0 Å². The van der Waals surface area contributed by atoms with Crippen LogP contribution in [-0.4, -0.2) is 75.7 Å². The van der Waals surface area contributed by atoms with Crippen molar-refractivity contribution in [3.8, 4) is 0 Å². The molecule has 1 aromatic carbocycles. The summed E-state index contributed by atoms with van der Waals surface area (Å²) in [4.78, 5) is 22.0. The summed E-state index contributed by atoms with van der Waals surface area (Å²) in [5.41, 5.74) is 1.16. The molecule has 10 heteroatoms. The van der Waals surface area contributed by atoms with Crippen molar-refractivity contribution in [2.45, 2.75) is 32.1 Å². The number of aliphatic carboxylic acids is 2. The Morgan fingerprint density at radius 1 is 1.21 bits per heavy atom. The van der Waals surface area contributed by atoms with Crippen LogP contribution in [0, 0.1) is 5.92 Å². The van der Waals surface area contributed by atoms with E-state index in [1.807, 2.05) is 18.2 Å². The van der Waals surface area contributed by atoms with E-state index in [1.54, 1.807) is 0 Å². The Morgan fingerprint density at radius 3 is 2.25 bits per heavy atom. The van der Waals surface area contributed by atoms with Gasteiger partial charge < -0.3 is 25.7 Å². The summed E-state index contributed by atoms with van der Waals surface area (Å²) in [6, 6.07) is 5.76. The lowest BCUT2D eigenvalue weighted by Crippen LogP contribution is -2.39. The monoisotopic (exact) mass is 436 g/mol. The lowest BCUT2D eigenvalue weighted by molar-refractivity contribution is -0.165. The first-order valence-corrected chi connectivity index (χ1v) is 9.60. The van der Waals surface area contributed by atoms with Crippen LogP contribution in [0.3, 0.4) is 0 Å². The summed E-state index contributed by atoms with van der Waals surface area (Å²) in [7, 11) is 0. The maximum atomic E-state index is 9.77. The molecule has 1 aromatic rings.